The Morgan fingerprint density at radius 1 is 1.29 bits per heavy atom. The second-order valence-electron chi connectivity index (χ2n) is 4.92. The van der Waals surface area contributed by atoms with Gasteiger partial charge in [-0.2, -0.15) is 0 Å². The summed E-state index contributed by atoms with van der Waals surface area (Å²) in [6, 6.07) is 12.0. The van der Waals surface area contributed by atoms with E-state index in [1.807, 2.05) is 30.3 Å². The molecule has 2 rings (SSSR count). The highest BCUT2D eigenvalue weighted by Crippen LogP contribution is 2.22. The summed E-state index contributed by atoms with van der Waals surface area (Å²) in [6.07, 6.45) is 3.42. The Labute approximate surface area is 168 Å². The summed E-state index contributed by atoms with van der Waals surface area (Å²) in [5.41, 5.74) is 1.18. The van der Waals surface area contributed by atoms with Crippen LogP contribution in [-0.4, -0.2) is 31.1 Å². The summed E-state index contributed by atoms with van der Waals surface area (Å²) in [5, 5.41) is 6.60. The maximum atomic E-state index is 5.59. The van der Waals surface area contributed by atoms with Crippen LogP contribution >= 0.6 is 39.9 Å². The lowest BCUT2D eigenvalue weighted by Crippen LogP contribution is -2.40. The van der Waals surface area contributed by atoms with Gasteiger partial charge < -0.3 is 15.4 Å². The molecule has 0 radical (unpaired) electrons. The molecule has 0 saturated carbocycles. The Morgan fingerprint density at radius 3 is 2.75 bits per heavy atom. The Bertz CT molecular complexity index is 639. The molecule has 1 aromatic heterocycles. The third-order valence-corrected chi connectivity index (χ3v) is 3.97. The van der Waals surface area contributed by atoms with Crippen molar-refractivity contribution in [2.45, 2.75) is 13.0 Å². The van der Waals surface area contributed by atoms with E-state index in [4.69, 9.17) is 4.74 Å². The Balaban J connectivity index is 0.00000288. The molecule has 5 nitrogen and oxygen atoms in total. The van der Waals surface area contributed by atoms with E-state index in [2.05, 4.69) is 49.5 Å². The molecule has 24 heavy (non-hydrogen) atoms. The van der Waals surface area contributed by atoms with Gasteiger partial charge in [-0.15, -0.1) is 24.0 Å². The number of guanidine groups is 1. The third kappa shape index (κ3) is 6.64. The highest BCUT2D eigenvalue weighted by molar-refractivity contribution is 14.0. The second kappa shape index (κ2) is 11.2. The Morgan fingerprint density at radius 2 is 2.08 bits per heavy atom. The van der Waals surface area contributed by atoms with Crippen LogP contribution in [0.15, 0.2) is 58.3 Å². The van der Waals surface area contributed by atoms with E-state index in [9.17, 15) is 0 Å². The van der Waals surface area contributed by atoms with Crippen molar-refractivity contribution in [3.8, 4) is 5.75 Å². The van der Waals surface area contributed by atoms with Crippen molar-refractivity contribution in [3.63, 3.8) is 0 Å². The molecular formula is C17H22BrIN4O. The highest BCUT2D eigenvalue weighted by atomic mass is 127. The van der Waals surface area contributed by atoms with Crippen molar-refractivity contribution < 1.29 is 4.74 Å². The summed E-state index contributed by atoms with van der Waals surface area (Å²) < 4.78 is 6.67. The van der Waals surface area contributed by atoms with E-state index >= 15 is 0 Å². The van der Waals surface area contributed by atoms with E-state index in [0.29, 0.717) is 13.2 Å². The normalized spacial score (nSPS) is 12.0. The van der Waals surface area contributed by atoms with E-state index in [0.717, 1.165) is 16.2 Å². The molecule has 0 bridgehead atoms. The third-order valence-electron chi connectivity index (χ3n) is 3.25. The van der Waals surface area contributed by atoms with Crippen LogP contribution in [0.5, 0.6) is 5.75 Å². The number of hydrogen-bond donors (Lipinski definition) is 2. The van der Waals surface area contributed by atoms with Gasteiger partial charge in [0.1, 0.15) is 12.4 Å². The molecule has 1 atom stereocenters. The number of aliphatic imine (C=N–C) groups is 1. The van der Waals surface area contributed by atoms with Gasteiger partial charge in [0.2, 0.25) is 0 Å². The zero-order valence-electron chi connectivity index (χ0n) is 13.7. The second-order valence-corrected chi connectivity index (χ2v) is 5.78. The largest absolute Gasteiger partial charge is 0.490 e. The van der Waals surface area contributed by atoms with E-state index in [1.54, 1.807) is 19.4 Å². The van der Waals surface area contributed by atoms with Crippen LogP contribution in [0.1, 0.15) is 18.5 Å². The number of benzene rings is 1. The number of ether oxygens (including phenoxy) is 1. The topological polar surface area (TPSA) is 58.5 Å². The molecule has 2 aromatic rings. The molecule has 0 aliphatic rings. The first-order valence-electron chi connectivity index (χ1n) is 7.45. The van der Waals surface area contributed by atoms with Crippen LogP contribution < -0.4 is 15.4 Å². The van der Waals surface area contributed by atoms with Gasteiger partial charge in [0.25, 0.3) is 0 Å². The predicted octanol–water partition coefficient (Wildman–Crippen LogP) is 3.77. The van der Waals surface area contributed by atoms with E-state index < -0.39 is 0 Å². The molecule has 0 fully saturated rings. The first kappa shape index (κ1) is 20.7. The van der Waals surface area contributed by atoms with Gasteiger partial charge in [-0.1, -0.05) is 34.1 Å². The van der Waals surface area contributed by atoms with E-state index in [-0.39, 0.29) is 30.0 Å². The standard InChI is InChI=1S/C17H21BrN4O.HI/c1-13(15-7-3-4-8-16(15)18)22-17(19-2)21-10-11-23-14-6-5-9-20-12-14;/h3-9,12-13H,10-11H2,1-2H3,(H2,19,21,22);1H. The van der Waals surface area contributed by atoms with Crippen LogP contribution in [0.4, 0.5) is 0 Å². The quantitative estimate of drug-likeness (QED) is 0.272. The highest BCUT2D eigenvalue weighted by Gasteiger charge is 2.10. The Kier molecular flexibility index (Phi) is 9.70. The fraction of sp³-hybridized carbons (Fsp3) is 0.294. The molecule has 1 unspecified atom stereocenters. The zero-order valence-corrected chi connectivity index (χ0v) is 17.6. The lowest BCUT2D eigenvalue weighted by atomic mass is 10.1. The number of pyridine rings is 1. The lowest BCUT2D eigenvalue weighted by Gasteiger charge is -2.19. The van der Waals surface area contributed by atoms with Gasteiger partial charge in [0, 0.05) is 17.7 Å². The molecule has 0 saturated heterocycles. The molecule has 0 spiro atoms. The molecule has 2 N–H and O–H groups in total. The molecule has 1 heterocycles. The SMILES string of the molecule is CN=C(NCCOc1cccnc1)NC(C)c1ccccc1Br.I. The molecule has 1 aromatic carbocycles. The van der Waals surface area contributed by atoms with Crippen LogP contribution in [0, 0.1) is 0 Å². The average molecular weight is 505 g/mol. The lowest BCUT2D eigenvalue weighted by molar-refractivity contribution is 0.320. The maximum absolute atomic E-state index is 5.59. The van der Waals surface area contributed by atoms with Crippen LogP contribution in [0.3, 0.4) is 0 Å². The van der Waals surface area contributed by atoms with E-state index in [1.165, 1.54) is 5.56 Å². The average Bonchev–Trinajstić information content (AvgIpc) is 2.58. The van der Waals surface area contributed by atoms with Crippen molar-refractivity contribution in [2.75, 3.05) is 20.2 Å². The molecule has 0 aliphatic carbocycles. The van der Waals surface area contributed by atoms with Crippen molar-refractivity contribution in [2.24, 2.45) is 4.99 Å². The number of halogens is 2. The van der Waals surface area contributed by atoms with Crippen molar-refractivity contribution >= 4 is 45.9 Å². The molecule has 0 amide bonds. The first-order valence-corrected chi connectivity index (χ1v) is 8.24. The minimum absolute atomic E-state index is 0. The van der Waals surface area contributed by atoms with Gasteiger partial charge >= 0.3 is 0 Å². The van der Waals surface area contributed by atoms with Gasteiger partial charge in [0.05, 0.1) is 18.8 Å². The number of hydrogen-bond acceptors (Lipinski definition) is 3. The number of rotatable bonds is 6. The first-order chi connectivity index (χ1) is 11.2. The van der Waals surface area contributed by atoms with Crippen LogP contribution in [-0.2, 0) is 0 Å². The van der Waals surface area contributed by atoms with Crippen LogP contribution in [0.2, 0.25) is 0 Å². The molecule has 0 aliphatic heterocycles. The van der Waals surface area contributed by atoms with Crippen LogP contribution in [0.25, 0.3) is 0 Å². The zero-order chi connectivity index (χ0) is 16.5. The predicted molar refractivity (Wildman–Crippen MR) is 112 cm³/mol. The van der Waals surface area contributed by atoms with Gasteiger partial charge in [0.15, 0.2) is 5.96 Å². The maximum Gasteiger partial charge on any atom is 0.191 e. The van der Waals surface area contributed by atoms with Crippen molar-refractivity contribution in [1.82, 2.24) is 15.6 Å². The number of nitrogens with one attached hydrogen (secondary N) is 2. The molecule has 7 heteroatoms. The summed E-state index contributed by atoms with van der Waals surface area (Å²) in [5.74, 6) is 1.50. The fourth-order valence-corrected chi connectivity index (χ4v) is 2.70. The number of aromatic nitrogens is 1. The Hall–Kier alpha value is -1.35. The molecule has 130 valence electrons. The minimum Gasteiger partial charge on any atom is -0.490 e. The van der Waals surface area contributed by atoms with Crippen molar-refractivity contribution in [3.05, 3.63) is 58.8 Å². The van der Waals surface area contributed by atoms with Crippen molar-refractivity contribution in [1.29, 1.82) is 0 Å². The minimum atomic E-state index is 0. The van der Waals surface area contributed by atoms with Gasteiger partial charge in [-0.05, 0) is 30.7 Å². The fourth-order valence-electron chi connectivity index (χ4n) is 2.07. The molecular weight excluding hydrogens is 483 g/mol. The smallest absolute Gasteiger partial charge is 0.191 e. The summed E-state index contributed by atoms with van der Waals surface area (Å²) >= 11 is 3.57. The van der Waals surface area contributed by atoms with Gasteiger partial charge in [-0.25, -0.2) is 0 Å². The summed E-state index contributed by atoms with van der Waals surface area (Å²) in [7, 11) is 1.75. The van der Waals surface area contributed by atoms with Gasteiger partial charge in [-0.3, -0.25) is 9.98 Å². The summed E-state index contributed by atoms with van der Waals surface area (Å²) in [4.78, 5) is 8.25. The monoisotopic (exact) mass is 504 g/mol. The number of nitrogens with zero attached hydrogens (tertiary/aromatic N) is 2. The summed E-state index contributed by atoms with van der Waals surface area (Å²) in [6.45, 7) is 3.28.